The minimum Gasteiger partial charge on any atom is -0.337 e. The second-order valence-electron chi connectivity index (χ2n) is 4.98. The minimum absolute atomic E-state index is 0.257. The average Bonchev–Trinajstić information content (AvgIpc) is 3.22. The zero-order valence-corrected chi connectivity index (χ0v) is 12.1. The van der Waals surface area contributed by atoms with E-state index in [-0.39, 0.29) is 11.8 Å². The molecule has 0 aliphatic heterocycles. The van der Waals surface area contributed by atoms with Crippen molar-refractivity contribution in [1.29, 1.82) is 0 Å². The van der Waals surface area contributed by atoms with E-state index < -0.39 is 0 Å². The summed E-state index contributed by atoms with van der Waals surface area (Å²) in [5.41, 5.74) is 0.976. The fourth-order valence-corrected chi connectivity index (χ4v) is 2.80. The van der Waals surface area contributed by atoms with Crippen LogP contribution in [0.15, 0.2) is 24.3 Å². The van der Waals surface area contributed by atoms with Gasteiger partial charge in [0.1, 0.15) is 10.8 Å². The lowest BCUT2D eigenvalue weighted by molar-refractivity contribution is 0.252. The first-order chi connectivity index (χ1) is 10.2. The van der Waals surface area contributed by atoms with Gasteiger partial charge in [-0.25, -0.2) is 9.18 Å². The van der Waals surface area contributed by atoms with Gasteiger partial charge in [-0.1, -0.05) is 23.5 Å². The SMILES string of the molecule is O=C(NCCc1ccc(F)cc1)Nc1nnc(C2CC2)s1. The van der Waals surface area contributed by atoms with Crippen molar-refractivity contribution in [1.82, 2.24) is 15.5 Å². The Hall–Kier alpha value is -2.02. The zero-order chi connectivity index (χ0) is 14.7. The van der Waals surface area contributed by atoms with Crippen molar-refractivity contribution in [2.24, 2.45) is 0 Å². The van der Waals surface area contributed by atoms with Crippen LogP contribution in [-0.4, -0.2) is 22.8 Å². The lowest BCUT2D eigenvalue weighted by atomic mass is 10.1. The van der Waals surface area contributed by atoms with Crippen LogP contribution in [0.5, 0.6) is 0 Å². The highest BCUT2D eigenvalue weighted by Crippen LogP contribution is 2.41. The van der Waals surface area contributed by atoms with E-state index in [9.17, 15) is 9.18 Å². The van der Waals surface area contributed by atoms with Gasteiger partial charge in [0.15, 0.2) is 0 Å². The lowest BCUT2D eigenvalue weighted by Gasteiger charge is -2.05. The van der Waals surface area contributed by atoms with Gasteiger partial charge < -0.3 is 5.32 Å². The highest BCUT2D eigenvalue weighted by atomic mass is 32.1. The minimum atomic E-state index is -0.296. The molecule has 1 aromatic carbocycles. The van der Waals surface area contributed by atoms with Gasteiger partial charge in [-0.05, 0) is 37.0 Å². The molecule has 1 fully saturated rings. The third-order valence-corrected chi connectivity index (χ3v) is 4.20. The molecule has 0 unspecified atom stereocenters. The molecule has 2 N–H and O–H groups in total. The van der Waals surface area contributed by atoms with Crippen molar-refractivity contribution in [3.8, 4) is 0 Å². The standard InChI is InChI=1S/C14H15FN4OS/c15-11-5-1-9(2-6-11)7-8-16-13(20)17-14-19-18-12(21-14)10-3-4-10/h1-2,5-6,10H,3-4,7-8H2,(H2,16,17,19,20). The fourth-order valence-electron chi connectivity index (χ4n) is 1.89. The summed E-state index contributed by atoms with van der Waals surface area (Å²) in [5, 5.41) is 14.9. The van der Waals surface area contributed by atoms with Crippen LogP contribution in [-0.2, 0) is 6.42 Å². The van der Waals surface area contributed by atoms with Crippen LogP contribution in [0.2, 0.25) is 0 Å². The Morgan fingerprint density at radius 2 is 2.05 bits per heavy atom. The number of nitrogens with one attached hydrogen (secondary N) is 2. The molecule has 3 rings (SSSR count). The molecule has 0 spiro atoms. The summed E-state index contributed by atoms with van der Waals surface area (Å²) in [7, 11) is 0. The summed E-state index contributed by atoms with van der Waals surface area (Å²) >= 11 is 1.43. The van der Waals surface area contributed by atoms with E-state index in [2.05, 4.69) is 20.8 Å². The first-order valence-corrected chi connectivity index (χ1v) is 7.65. The largest absolute Gasteiger partial charge is 0.337 e. The van der Waals surface area contributed by atoms with E-state index in [1.165, 1.54) is 36.3 Å². The van der Waals surface area contributed by atoms with E-state index in [0.717, 1.165) is 10.6 Å². The molecule has 0 radical (unpaired) electrons. The molecule has 1 aromatic heterocycles. The van der Waals surface area contributed by atoms with E-state index in [4.69, 9.17) is 0 Å². The van der Waals surface area contributed by atoms with Gasteiger partial charge in [0, 0.05) is 12.5 Å². The van der Waals surface area contributed by atoms with Gasteiger partial charge >= 0.3 is 6.03 Å². The Morgan fingerprint density at radius 3 is 2.76 bits per heavy atom. The number of aromatic nitrogens is 2. The van der Waals surface area contributed by atoms with Crippen molar-refractivity contribution in [2.45, 2.75) is 25.2 Å². The first kappa shape index (κ1) is 13.9. The number of anilines is 1. The maximum absolute atomic E-state index is 12.8. The van der Waals surface area contributed by atoms with E-state index in [1.54, 1.807) is 12.1 Å². The Morgan fingerprint density at radius 1 is 1.29 bits per heavy atom. The van der Waals surface area contributed by atoms with Gasteiger partial charge in [0.25, 0.3) is 0 Å². The number of nitrogens with zero attached hydrogens (tertiary/aromatic N) is 2. The number of carbonyl (C=O) groups is 1. The normalized spacial score (nSPS) is 14.0. The highest BCUT2D eigenvalue weighted by Gasteiger charge is 2.27. The molecule has 7 heteroatoms. The number of halogens is 1. The predicted octanol–water partition coefficient (Wildman–Crippen LogP) is 2.92. The number of benzene rings is 1. The van der Waals surface area contributed by atoms with Crippen molar-refractivity contribution >= 4 is 22.5 Å². The van der Waals surface area contributed by atoms with Gasteiger partial charge in [0.2, 0.25) is 5.13 Å². The van der Waals surface area contributed by atoms with Gasteiger partial charge in [-0.2, -0.15) is 0 Å². The number of amides is 2. The van der Waals surface area contributed by atoms with Gasteiger partial charge in [-0.3, -0.25) is 5.32 Å². The molecular formula is C14H15FN4OS. The van der Waals surface area contributed by atoms with Crippen molar-refractivity contribution in [3.63, 3.8) is 0 Å². The molecule has 110 valence electrons. The summed E-state index contributed by atoms with van der Waals surface area (Å²) in [6, 6.07) is 5.95. The van der Waals surface area contributed by atoms with Crippen LogP contribution in [0.1, 0.15) is 29.3 Å². The topological polar surface area (TPSA) is 66.9 Å². The average molecular weight is 306 g/mol. The molecule has 5 nitrogen and oxygen atoms in total. The summed E-state index contributed by atoms with van der Waals surface area (Å²) in [6.45, 7) is 0.478. The van der Waals surface area contributed by atoms with Gasteiger partial charge in [0.05, 0.1) is 0 Å². The summed E-state index contributed by atoms with van der Waals surface area (Å²) in [4.78, 5) is 11.7. The van der Waals surface area contributed by atoms with Crippen molar-refractivity contribution in [3.05, 3.63) is 40.7 Å². The Kier molecular flexibility index (Phi) is 4.10. The summed E-state index contributed by atoms with van der Waals surface area (Å²) in [6.07, 6.45) is 2.98. The van der Waals surface area contributed by atoms with Crippen LogP contribution in [0.25, 0.3) is 0 Å². The van der Waals surface area contributed by atoms with Crippen LogP contribution >= 0.6 is 11.3 Å². The van der Waals surface area contributed by atoms with E-state index >= 15 is 0 Å². The number of hydrogen-bond donors (Lipinski definition) is 2. The quantitative estimate of drug-likeness (QED) is 0.892. The first-order valence-electron chi connectivity index (χ1n) is 6.83. The molecular weight excluding hydrogens is 291 g/mol. The Bertz CT molecular complexity index is 624. The van der Waals surface area contributed by atoms with Crippen LogP contribution in [0.3, 0.4) is 0 Å². The predicted molar refractivity (Wildman–Crippen MR) is 79.0 cm³/mol. The van der Waals surface area contributed by atoms with Crippen LogP contribution < -0.4 is 10.6 Å². The molecule has 1 heterocycles. The molecule has 0 bridgehead atoms. The molecule has 0 saturated heterocycles. The zero-order valence-electron chi connectivity index (χ0n) is 11.3. The molecule has 21 heavy (non-hydrogen) atoms. The second-order valence-corrected chi connectivity index (χ2v) is 5.99. The number of carbonyl (C=O) groups excluding carboxylic acids is 1. The maximum atomic E-state index is 12.8. The van der Waals surface area contributed by atoms with E-state index in [0.29, 0.717) is 24.0 Å². The van der Waals surface area contributed by atoms with Crippen molar-refractivity contribution < 1.29 is 9.18 Å². The maximum Gasteiger partial charge on any atom is 0.321 e. The molecule has 1 saturated carbocycles. The van der Waals surface area contributed by atoms with Crippen molar-refractivity contribution in [2.75, 3.05) is 11.9 Å². The Balaban J connectivity index is 1.42. The molecule has 2 aromatic rings. The monoisotopic (exact) mass is 306 g/mol. The number of urea groups is 1. The number of rotatable bonds is 5. The Labute approximate surface area is 125 Å². The molecule has 0 atom stereocenters. The lowest BCUT2D eigenvalue weighted by Crippen LogP contribution is -2.30. The molecule has 2 amide bonds. The molecule has 1 aliphatic carbocycles. The third-order valence-electron chi connectivity index (χ3n) is 3.20. The second kappa shape index (κ2) is 6.17. The van der Waals surface area contributed by atoms with Crippen LogP contribution in [0.4, 0.5) is 14.3 Å². The van der Waals surface area contributed by atoms with E-state index in [1.807, 2.05) is 0 Å². The summed E-state index contributed by atoms with van der Waals surface area (Å²) in [5.74, 6) is 0.284. The smallest absolute Gasteiger partial charge is 0.321 e. The third kappa shape index (κ3) is 3.98. The summed E-state index contributed by atoms with van der Waals surface area (Å²) < 4.78 is 12.8. The number of hydrogen-bond acceptors (Lipinski definition) is 4. The van der Waals surface area contributed by atoms with Gasteiger partial charge in [-0.15, -0.1) is 10.2 Å². The fraction of sp³-hybridized carbons (Fsp3) is 0.357. The van der Waals surface area contributed by atoms with Crippen LogP contribution in [0, 0.1) is 5.82 Å². The molecule has 1 aliphatic rings. The highest BCUT2D eigenvalue weighted by molar-refractivity contribution is 7.15.